The number of amides is 4. The van der Waals surface area contributed by atoms with Crippen molar-refractivity contribution in [3.63, 3.8) is 0 Å². The number of aliphatic hydroxyl groups is 11. The van der Waals surface area contributed by atoms with Crippen LogP contribution in [0, 0.1) is 0 Å². The fraction of sp³-hybridized carbons (Fsp3) is 0.783. The minimum Gasteiger partial charge on any atom is -0.510 e. The predicted molar refractivity (Wildman–Crippen MR) is 265 cm³/mol. The lowest BCUT2D eigenvalue weighted by Gasteiger charge is -2.51. The van der Waals surface area contributed by atoms with Gasteiger partial charge >= 0.3 is 25.9 Å². The molecular formula is C46H69N4O36P. The summed E-state index contributed by atoms with van der Waals surface area (Å²) in [5.41, 5.74) is 1.73. The van der Waals surface area contributed by atoms with Gasteiger partial charge in [0.25, 0.3) is 5.91 Å². The van der Waals surface area contributed by atoms with Crippen LogP contribution in [0.25, 0.3) is 0 Å². The van der Waals surface area contributed by atoms with E-state index in [0.29, 0.717) is 6.92 Å². The van der Waals surface area contributed by atoms with Crippen molar-refractivity contribution in [1.82, 2.24) is 16.0 Å². The second-order valence-electron chi connectivity index (χ2n) is 20.7. The topological polar surface area (TPSA) is 619 Å². The Labute approximate surface area is 489 Å². The third kappa shape index (κ3) is 16.6. The van der Waals surface area contributed by atoms with Crippen LogP contribution in [0.2, 0.25) is 0 Å². The van der Waals surface area contributed by atoms with Crippen LogP contribution in [0.4, 0.5) is 4.79 Å². The molecule has 87 heavy (non-hydrogen) atoms. The van der Waals surface area contributed by atoms with Gasteiger partial charge < -0.3 is 150 Å². The highest BCUT2D eigenvalue weighted by Gasteiger charge is 2.63. The highest BCUT2D eigenvalue weighted by molar-refractivity contribution is 7.47. The summed E-state index contributed by atoms with van der Waals surface area (Å²) in [4.78, 5) is 110. The van der Waals surface area contributed by atoms with Crippen molar-refractivity contribution in [3.8, 4) is 0 Å². The Balaban J connectivity index is 1.36. The molecule has 494 valence electrons. The summed E-state index contributed by atoms with van der Waals surface area (Å²) in [6.45, 7) is -0.666. The number of ether oxygens (including phenoxy) is 11. The molecular weight excluding hydrogens is 1220 g/mol. The molecule has 1 aliphatic carbocycles. The summed E-state index contributed by atoms with van der Waals surface area (Å²) in [7, 11) is -5.87. The third-order valence-corrected chi connectivity index (χ3v) is 15.2. The van der Waals surface area contributed by atoms with Crippen molar-refractivity contribution in [2.75, 3.05) is 26.4 Å². The Bertz CT molecular complexity index is 2560. The van der Waals surface area contributed by atoms with Crippen molar-refractivity contribution in [3.05, 3.63) is 11.5 Å². The van der Waals surface area contributed by atoms with E-state index in [1.807, 2.05) is 0 Å². The molecule has 5 saturated heterocycles. The zero-order chi connectivity index (χ0) is 64.9. The Morgan fingerprint density at radius 1 is 0.747 bits per heavy atom. The van der Waals surface area contributed by atoms with Crippen molar-refractivity contribution in [2.24, 2.45) is 5.73 Å². The monoisotopic (exact) mass is 1280 g/mol. The number of carbonyl (C=O) groups excluding carboxylic acids is 6. The fourth-order valence-corrected chi connectivity index (χ4v) is 10.8. The Hall–Kier alpha value is -5.19. The predicted octanol–water partition coefficient (Wildman–Crippen LogP) is -9.96. The summed E-state index contributed by atoms with van der Waals surface area (Å²) < 4.78 is 85.7. The summed E-state index contributed by atoms with van der Waals surface area (Å²) in [5, 5.41) is 147. The van der Waals surface area contributed by atoms with Crippen LogP contribution < -0.4 is 21.7 Å². The summed E-state index contributed by atoms with van der Waals surface area (Å²) >= 11 is 0. The zero-order valence-corrected chi connectivity index (χ0v) is 46.9. The number of ketones is 1. The number of hydrogen-bond donors (Lipinski definition) is 18. The molecule has 27 atom stereocenters. The molecule has 0 radical (unpaired) electrons. The van der Waals surface area contributed by atoms with Gasteiger partial charge in [0.2, 0.25) is 11.8 Å². The molecule has 0 saturated carbocycles. The second kappa shape index (κ2) is 29.6. The van der Waals surface area contributed by atoms with E-state index in [4.69, 9.17) is 66.9 Å². The van der Waals surface area contributed by atoms with Gasteiger partial charge in [-0.15, -0.1) is 0 Å². The number of phosphoric ester groups is 1. The van der Waals surface area contributed by atoms with Crippen LogP contribution >= 0.6 is 7.82 Å². The largest absolute Gasteiger partial charge is 0.510 e. The molecule has 0 aromatic rings. The molecule has 41 heteroatoms. The molecule has 4 amide bonds. The number of primary amides is 1. The van der Waals surface area contributed by atoms with Gasteiger partial charge in [-0.05, 0) is 13.8 Å². The number of hydrogen-bond acceptors (Lipinski definition) is 33. The van der Waals surface area contributed by atoms with E-state index in [0.717, 1.165) is 13.8 Å². The number of nitrogens with one attached hydrogen (secondary N) is 3. The molecule has 5 fully saturated rings. The van der Waals surface area contributed by atoms with Crippen LogP contribution in [0.3, 0.4) is 0 Å². The van der Waals surface area contributed by atoms with Crippen molar-refractivity contribution < 1.29 is 175 Å². The van der Waals surface area contributed by atoms with Crippen molar-refractivity contribution >= 4 is 55.6 Å². The van der Waals surface area contributed by atoms with E-state index in [1.165, 1.54) is 6.92 Å². The number of aliphatic carboxylic acids is 2. The Kier molecular flexibility index (Phi) is 24.1. The Morgan fingerprint density at radius 3 is 1.86 bits per heavy atom. The molecule has 19 N–H and O–H groups in total. The number of carbonyl (C=O) groups is 8. The number of phosphoric acid groups is 1. The Morgan fingerprint density at radius 2 is 1.31 bits per heavy atom. The lowest BCUT2D eigenvalue weighted by Crippen LogP contribution is -2.72. The third-order valence-electron chi connectivity index (χ3n) is 14.3. The van der Waals surface area contributed by atoms with E-state index < -0.39 is 246 Å². The van der Waals surface area contributed by atoms with E-state index in [2.05, 4.69) is 16.0 Å². The number of aldehydes is 1. The van der Waals surface area contributed by atoms with Gasteiger partial charge in [-0.3, -0.25) is 28.2 Å². The second-order valence-corrected chi connectivity index (χ2v) is 22.1. The number of aliphatic hydroxyl groups excluding tert-OH is 10. The lowest BCUT2D eigenvalue weighted by molar-refractivity contribution is -0.375. The first-order valence-electron chi connectivity index (χ1n) is 26.2. The molecule has 0 spiro atoms. The molecule has 6 rings (SSSR count). The number of Topliss-reactive ketones (excluding diaryl/α,β-unsaturated/α-hetero) is 1. The van der Waals surface area contributed by atoms with Crippen LogP contribution in [0.15, 0.2) is 11.5 Å². The van der Waals surface area contributed by atoms with E-state index in [-0.39, 0.29) is 19.1 Å². The number of carboxylic acid groups (broad SMARTS) is 2. The maximum atomic E-state index is 13.5. The van der Waals surface area contributed by atoms with Gasteiger partial charge in [0.1, 0.15) is 115 Å². The molecule has 6 aliphatic rings. The van der Waals surface area contributed by atoms with Crippen LogP contribution in [-0.2, 0) is 99.3 Å². The zero-order valence-electron chi connectivity index (χ0n) is 46.0. The van der Waals surface area contributed by atoms with Crippen LogP contribution in [-0.4, -0.2) is 305 Å². The molecule has 5 aliphatic heterocycles. The highest BCUT2D eigenvalue weighted by atomic mass is 31.2. The summed E-state index contributed by atoms with van der Waals surface area (Å²) in [6.07, 6.45) is -52.0. The quantitative estimate of drug-likeness (QED) is 0.0298. The van der Waals surface area contributed by atoms with Gasteiger partial charge in [-0.1, -0.05) is 0 Å². The summed E-state index contributed by atoms with van der Waals surface area (Å²) in [5.74, 6) is -8.41. The normalized spacial score (nSPS) is 40.9. The van der Waals surface area contributed by atoms with E-state index in [1.54, 1.807) is 0 Å². The first-order chi connectivity index (χ1) is 40.6. The number of allylic oxidation sites excluding steroid dienone is 2. The first-order valence-corrected chi connectivity index (χ1v) is 27.7. The maximum Gasteiger partial charge on any atom is 0.474 e. The smallest absolute Gasteiger partial charge is 0.474 e. The first kappa shape index (κ1) is 70.9. The minimum atomic E-state index is -5.87. The molecule has 0 aromatic heterocycles. The average molecular weight is 1290 g/mol. The lowest BCUT2D eigenvalue weighted by atomic mass is 9.85. The van der Waals surface area contributed by atoms with Crippen molar-refractivity contribution in [1.29, 1.82) is 0 Å². The average Bonchev–Trinajstić information content (AvgIpc) is 1.34. The molecule has 0 bridgehead atoms. The van der Waals surface area contributed by atoms with Gasteiger partial charge in [-0.2, -0.15) is 0 Å². The van der Waals surface area contributed by atoms with E-state index in [9.17, 15) is 114 Å². The van der Waals surface area contributed by atoms with Crippen molar-refractivity contribution in [2.45, 2.75) is 200 Å². The summed E-state index contributed by atoms with van der Waals surface area (Å²) in [6, 6.07) is -4.04. The SMILES string of the molecule is CC(=O)N[C@H]1[C@H](O[C@H]2[C@H](O)[C@@H](NC(C)=O)[C@H](O[C@H]3[C@@H](OP(=O)(O)OC[C@H](OCC=O)C(=O)O)O[C@H](C(=O)O)[C@@](C)(O)[C@@H]3OC(N)=O)O[C@@H]2CO[C@@H]2O[C@H](CO)[C@@H](O)[C@H](O)[C@H]2O)O[C@H](C)[C@@H](O[C@@H]2O[C@H](C(=O)NC3=C(O)CCC3=O)[C@H](O)[C@H](O)[C@H]2O)[C@@H]1O. The van der Waals surface area contributed by atoms with Gasteiger partial charge in [0, 0.05) is 26.7 Å². The van der Waals surface area contributed by atoms with Crippen LogP contribution in [0.5, 0.6) is 0 Å². The highest BCUT2D eigenvalue weighted by Crippen LogP contribution is 2.49. The molecule has 40 nitrogen and oxygen atoms in total. The molecule has 0 aromatic carbocycles. The number of rotatable bonds is 25. The number of nitrogens with two attached hydrogens (primary N) is 1. The number of carboxylic acids is 2. The van der Waals surface area contributed by atoms with Gasteiger partial charge in [0.05, 0.1) is 25.9 Å². The van der Waals surface area contributed by atoms with Gasteiger partial charge in [0.15, 0.2) is 67.8 Å². The standard InChI is InChI=1S/C46H69N4O36P/c1-12-31(80-43-30(64)27(61)28(62)33(82-43)37(65)50-20-15(55)5-6-16(20)56)24(58)21(48-13(2)53)40(77-12)81-32-18(10-75-42-29(63)26(60)23(57)17(9-52)78-42)79-41(22(25(32)59)49-14(3)54)83-34-35(85-45(47)70)46(4,71)36(39(68)69)84-44(34)86-87(72,73)76-11-19(38(66)67)74-8-7-51/h7,12,17-19,21-36,40-44,52,55,57-64,71H,5-6,8-11H2,1-4H3,(H2,47,70)(H,48,53)(H,49,54)(H,50,65)(H,66,67)(H,68,69)(H,72,73)/t12-,17-,18-,19+,21-,22-,23-,24-,25-,26+,27+,28-,29-,30-,31-,32-,33+,34-,35-,36-,40+,41+,42-,43-,44-,46+/m1/s1. The van der Waals surface area contributed by atoms with Gasteiger partial charge in [-0.25, -0.2) is 18.9 Å². The van der Waals surface area contributed by atoms with E-state index >= 15 is 0 Å². The molecule has 1 unspecified atom stereocenters. The maximum absolute atomic E-state index is 13.5. The minimum absolute atomic E-state index is 0.114. The molecule has 5 heterocycles. The van der Waals surface area contributed by atoms with Crippen LogP contribution in [0.1, 0.15) is 40.5 Å². The fourth-order valence-electron chi connectivity index (χ4n) is 9.94.